The monoisotopic (exact) mass is 215 g/mol. The summed E-state index contributed by atoms with van der Waals surface area (Å²) in [4.78, 5) is 5.42. The molecular formula is C11H9N3S. The first kappa shape index (κ1) is 8.61. The Morgan fingerprint density at radius 3 is 3.00 bits per heavy atom. The van der Waals surface area contributed by atoms with Crippen molar-refractivity contribution in [3.63, 3.8) is 0 Å². The van der Waals surface area contributed by atoms with Crippen LogP contribution in [0.5, 0.6) is 0 Å². The van der Waals surface area contributed by atoms with Gasteiger partial charge in [-0.15, -0.1) is 0 Å². The summed E-state index contributed by atoms with van der Waals surface area (Å²) in [7, 11) is 0. The molecule has 4 heteroatoms. The molecule has 0 saturated heterocycles. The van der Waals surface area contributed by atoms with Gasteiger partial charge >= 0.3 is 0 Å². The Morgan fingerprint density at radius 2 is 2.13 bits per heavy atom. The van der Waals surface area contributed by atoms with Crippen LogP contribution in [0.15, 0.2) is 24.3 Å². The molecule has 74 valence electrons. The molecule has 0 aliphatic heterocycles. The third-order valence-corrected chi connectivity index (χ3v) is 3.21. The molecule has 0 radical (unpaired) electrons. The van der Waals surface area contributed by atoms with Gasteiger partial charge in [-0.25, -0.2) is 4.98 Å². The van der Waals surface area contributed by atoms with Gasteiger partial charge in [0.15, 0.2) is 0 Å². The maximum atomic E-state index is 5.76. The lowest BCUT2D eigenvalue weighted by Crippen LogP contribution is -1.85. The zero-order valence-corrected chi connectivity index (χ0v) is 9.01. The fourth-order valence-electron chi connectivity index (χ4n) is 1.67. The molecule has 0 atom stereocenters. The highest BCUT2D eigenvalue weighted by Crippen LogP contribution is 2.26. The molecule has 1 aromatic carbocycles. The van der Waals surface area contributed by atoms with Crippen molar-refractivity contribution in [2.75, 3.05) is 5.73 Å². The number of anilines is 1. The van der Waals surface area contributed by atoms with Crippen molar-refractivity contribution in [2.24, 2.45) is 0 Å². The van der Waals surface area contributed by atoms with Crippen LogP contribution >= 0.6 is 11.5 Å². The van der Waals surface area contributed by atoms with Crippen molar-refractivity contribution in [3.05, 3.63) is 29.8 Å². The molecule has 0 spiro atoms. The highest BCUT2D eigenvalue weighted by Gasteiger charge is 2.05. The number of hydrogen-bond acceptors (Lipinski definition) is 4. The van der Waals surface area contributed by atoms with E-state index < -0.39 is 0 Å². The van der Waals surface area contributed by atoms with Crippen LogP contribution in [0.1, 0.15) is 5.56 Å². The van der Waals surface area contributed by atoms with Gasteiger partial charge in [0, 0.05) is 5.39 Å². The normalized spacial score (nSPS) is 11.3. The molecule has 2 N–H and O–H groups in total. The number of benzene rings is 1. The molecule has 0 aliphatic carbocycles. The van der Waals surface area contributed by atoms with Gasteiger partial charge < -0.3 is 5.73 Å². The number of fused-ring (bicyclic) bond motifs is 2. The molecule has 0 saturated carbocycles. The van der Waals surface area contributed by atoms with E-state index in [2.05, 4.69) is 34.5 Å². The first-order valence-electron chi connectivity index (χ1n) is 4.66. The molecule has 0 amide bonds. The average Bonchev–Trinajstić information content (AvgIpc) is 2.57. The average molecular weight is 215 g/mol. The third-order valence-electron chi connectivity index (χ3n) is 2.44. The van der Waals surface area contributed by atoms with Crippen molar-refractivity contribution >= 4 is 38.5 Å². The summed E-state index contributed by atoms with van der Waals surface area (Å²) in [6.07, 6.45) is 0. The lowest BCUT2D eigenvalue weighted by Gasteiger charge is -1.98. The Labute approximate surface area is 90.7 Å². The Bertz CT molecular complexity index is 657. The molecule has 3 rings (SSSR count). The van der Waals surface area contributed by atoms with E-state index in [1.54, 1.807) is 0 Å². The zero-order valence-electron chi connectivity index (χ0n) is 8.19. The van der Waals surface area contributed by atoms with Crippen LogP contribution in [-0.2, 0) is 0 Å². The van der Waals surface area contributed by atoms with Gasteiger partial charge in [0.05, 0.1) is 10.9 Å². The number of nitrogens with two attached hydrogens (primary N) is 1. The summed E-state index contributed by atoms with van der Waals surface area (Å²) < 4.78 is 4.10. The minimum Gasteiger partial charge on any atom is -0.382 e. The highest BCUT2D eigenvalue weighted by molar-refractivity contribution is 7.13. The van der Waals surface area contributed by atoms with Gasteiger partial charge in [-0.05, 0) is 36.7 Å². The summed E-state index contributed by atoms with van der Waals surface area (Å²) in [5.74, 6) is 0.575. The molecule has 0 bridgehead atoms. The number of hydrogen-bond donors (Lipinski definition) is 1. The second-order valence-corrected chi connectivity index (χ2v) is 4.36. The van der Waals surface area contributed by atoms with Crippen LogP contribution < -0.4 is 5.73 Å². The number of aryl methyl sites for hydroxylation is 1. The van der Waals surface area contributed by atoms with Crippen LogP contribution in [0.2, 0.25) is 0 Å². The molecule has 0 aliphatic rings. The number of rotatable bonds is 0. The maximum absolute atomic E-state index is 5.76. The molecule has 0 fully saturated rings. The van der Waals surface area contributed by atoms with Gasteiger partial charge in [0.1, 0.15) is 10.6 Å². The van der Waals surface area contributed by atoms with Crippen LogP contribution in [0.4, 0.5) is 5.82 Å². The van der Waals surface area contributed by atoms with E-state index in [-0.39, 0.29) is 0 Å². The second-order valence-electron chi connectivity index (χ2n) is 3.61. The van der Waals surface area contributed by atoms with E-state index in [1.165, 1.54) is 17.1 Å². The Kier molecular flexibility index (Phi) is 1.67. The van der Waals surface area contributed by atoms with E-state index >= 15 is 0 Å². The minimum atomic E-state index is 0.575. The smallest absolute Gasteiger partial charge is 0.146 e. The fourth-order valence-corrected chi connectivity index (χ4v) is 2.36. The molecule has 3 nitrogen and oxygen atoms in total. The van der Waals surface area contributed by atoms with E-state index in [0.717, 1.165) is 21.1 Å². The van der Waals surface area contributed by atoms with Gasteiger partial charge in [-0.1, -0.05) is 11.6 Å². The Hall–Kier alpha value is -1.68. The predicted octanol–water partition coefficient (Wildman–Crippen LogP) is 2.74. The highest BCUT2D eigenvalue weighted by atomic mass is 32.1. The minimum absolute atomic E-state index is 0.575. The van der Waals surface area contributed by atoms with E-state index in [0.29, 0.717) is 5.82 Å². The number of nitrogen functional groups attached to an aromatic ring is 1. The maximum Gasteiger partial charge on any atom is 0.146 e. The molecule has 2 aromatic heterocycles. The summed E-state index contributed by atoms with van der Waals surface area (Å²) >= 11 is 1.35. The first-order chi connectivity index (χ1) is 7.24. The van der Waals surface area contributed by atoms with Gasteiger partial charge in [-0.3, -0.25) is 0 Å². The first-order valence-corrected chi connectivity index (χ1v) is 5.43. The van der Waals surface area contributed by atoms with Crippen molar-refractivity contribution in [1.29, 1.82) is 0 Å². The van der Waals surface area contributed by atoms with Crippen molar-refractivity contribution in [3.8, 4) is 0 Å². The lowest BCUT2D eigenvalue weighted by molar-refractivity contribution is 1.47. The second kappa shape index (κ2) is 2.90. The molecule has 0 unspecified atom stereocenters. The van der Waals surface area contributed by atoms with Gasteiger partial charge in [0.25, 0.3) is 0 Å². The van der Waals surface area contributed by atoms with E-state index in [1.807, 2.05) is 6.07 Å². The Balaban J connectivity index is 2.50. The van der Waals surface area contributed by atoms with Crippen LogP contribution in [-0.4, -0.2) is 9.36 Å². The summed E-state index contributed by atoms with van der Waals surface area (Å²) in [5.41, 5.74) is 7.99. The van der Waals surface area contributed by atoms with E-state index in [4.69, 9.17) is 5.73 Å². The number of aromatic nitrogens is 2. The largest absolute Gasteiger partial charge is 0.382 e. The number of nitrogens with zero attached hydrogens (tertiary/aromatic N) is 2. The summed E-state index contributed by atoms with van der Waals surface area (Å²) in [6.45, 7) is 2.07. The van der Waals surface area contributed by atoms with Crippen molar-refractivity contribution in [1.82, 2.24) is 9.36 Å². The van der Waals surface area contributed by atoms with Crippen LogP contribution in [0.3, 0.4) is 0 Å². The molecule has 2 heterocycles. The van der Waals surface area contributed by atoms with Crippen molar-refractivity contribution < 1.29 is 0 Å². The predicted molar refractivity (Wildman–Crippen MR) is 64.1 cm³/mol. The molecular weight excluding hydrogens is 206 g/mol. The topological polar surface area (TPSA) is 51.8 Å². The summed E-state index contributed by atoms with van der Waals surface area (Å²) in [5, 5.41) is 2.08. The fraction of sp³-hybridized carbons (Fsp3) is 0.0909. The Morgan fingerprint density at radius 1 is 1.27 bits per heavy atom. The third kappa shape index (κ3) is 1.26. The van der Waals surface area contributed by atoms with Crippen molar-refractivity contribution in [2.45, 2.75) is 6.92 Å². The summed E-state index contributed by atoms with van der Waals surface area (Å²) in [6, 6.07) is 8.26. The molecule has 3 aromatic rings. The SMILES string of the molecule is Cc1ccc2nc3snc(N)c3cc2c1. The van der Waals surface area contributed by atoms with Crippen LogP contribution in [0, 0.1) is 6.92 Å². The van der Waals surface area contributed by atoms with Gasteiger partial charge in [-0.2, -0.15) is 4.37 Å². The molecule has 15 heavy (non-hydrogen) atoms. The van der Waals surface area contributed by atoms with E-state index in [9.17, 15) is 0 Å². The zero-order chi connectivity index (χ0) is 10.4. The standard InChI is InChI=1S/C11H9N3S/c1-6-2-3-9-7(4-6)5-8-10(12)14-15-11(8)13-9/h2-5H,1H3,(H2,12,14). The van der Waals surface area contributed by atoms with Crippen LogP contribution in [0.25, 0.3) is 21.1 Å². The van der Waals surface area contributed by atoms with Gasteiger partial charge in [0.2, 0.25) is 0 Å². The lowest BCUT2D eigenvalue weighted by atomic mass is 10.1. The quantitative estimate of drug-likeness (QED) is 0.627. The number of pyridine rings is 1.